The molecule has 13 atom stereocenters. The van der Waals surface area contributed by atoms with Crippen LogP contribution in [0, 0.1) is 11.7 Å². The fourth-order valence-electron chi connectivity index (χ4n) is 13.7. The number of ketones is 1. The molecule has 6 rings (SSSR count). The van der Waals surface area contributed by atoms with E-state index in [1.165, 1.54) is 60.7 Å². The van der Waals surface area contributed by atoms with Crippen molar-refractivity contribution >= 4 is 139 Å². The van der Waals surface area contributed by atoms with Gasteiger partial charge in [-0.15, -0.1) is 0 Å². The molecule has 25 N–H and O–H groups in total. The van der Waals surface area contributed by atoms with Crippen molar-refractivity contribution in [3.63, 3.8) is 0 Å². The highest BCUT2D eigenvalue weighted by Crippen LogP contribution is 2.23. The van der Waals surface area contributed by atoms with Crippen LogP contribution in [0.3, 0.4) is 0 Å². The number of unbranched alkanes of at least 4 members (excludes halogenated alkanes) is 6. The van der Waals surface area contributed by atoms with Crippen molar-refractivity contribution in [1.29, 1.82) is 0 Å². The van der Waals surface area contributed by atoms with E-state index < -0.39 is 278 Å². The lowest BCUT2D eigenvalue weighted by Gasteiger charge is -2.30. The maximum absolute atomic E-state index is 15.1. The number of sulfonamides is 1. The van der Waals surface area contributed by atoms with E-state index in [1.807, 2.05) is 16.0 Å². The summed E-state index contributed by atoms with van der Waals surface area (Å²) >= 11 is 0. The van der Waals surface area contributed by atoms with Crippen LogP contribution in [0.5, 0.6) is 0 Å². The summed E-state index contributed by atoms with van der Waals surface area (Å²) in [6.07, 6.45) is -1.65. The number of nitrogens with two attached hydrogens (primary N) is 2. The molecule has 0 bridgehead atoms. The summed E-state index contributed by atoms with van der Waals surface area (Å²) in [7, 11) is -4.09. The molecular weight excluding hydrogens is 1770 g/mol. The monoisotopic (exact) mass is 1880 g/mol. The number of carboxylic acids is 3. The van der Waals surface area contributed by atoms with Gasteiger partial charge in [0.2, 0.25) is 92.7 Å². The third-order valence-electron chi connectivity index (χ3n) is 21.0. The van der Waals surface area contributed by atoms with E-state index in [0.29, 0.717) is 40.4 Å². The molecule has 45 nitrogen and oxygen atoms in total. The van der Waals surface area contributed by atoms with Gasteiger partial charge < -0.3 is 121 Å². The summed E-state index contributed by atoms with van der Waals surface area (Å²) < 4.78 is 48.1. The largest absolute Gasteiger partial charge is 0.481 e. The second kappa shape index (κ2) is 54.0. The van der Waals surface area contributed by atoms with Gasteiger partial charge in [-0.2, -0.15) is 0 Å². The molecule has 47 heteroatoms. The van der Waals surface area contributed by atoms with Gasteiger partial charge in [-0.25, -0.2) is 22.3 Å². The highest BCUT2D eigenvalue weighted by atomic mass is 32.2. The van der Waals surface area contributed by atoms with E-state index in [1.54, 1.807) is 30.5 Å². The maximum Gasteiger partial charge on any atom is 0.329 e. The molecule has 133 heavy (non-hydrogen) atoms. The zero-order valence-electron chi connectivity index (χ0n) is 73.4. The molecular formula is C86H115FN18O27S. The number of halogens is 1. The van der Waals surface area contributed by atoms with Gasteiger partial charge in [0, 0.05) is 67.3 Å². The number of esters is 1. The van der Waals surface area contributed by atoms with E-state index in [2.05, 4.69) is 75.1 Å². The first-order valence-corrected chi connectivity index (χ1v) is 44.3. The van der Waals surface area contributed by atoms with Crippen LogP contribution in [0.15, 0.2) is 108 Å². The number of ether oxygens (including phenoxy) is 1. The van der Waals surface area contributed by atoms with Crippen LogP contribution < -0.4 is 90.6 Å². The minimum absolute atomic E-state index is 0.00513. The van der Waals surface area contributed by atoms with Gasteiger partial charge in [0.25, 0.3) is 0 Å². The Balaban J connectivity index is 1.41. The molecule has 1 saturated heterocycles. The number of nitrogens with one attached hydrogen (secondary N) is 16. The fourth-order valence-corrected chi connectivity index (χ4v) is 14.8. The lowest BCUT2D eigenvalue weighted by atomic mass is 9.96. The molecule has 0 saturated carbocycles. The Bertz CT molecular complexity index is 5080. The number of Topliss-reactive ketones (excluding diaryl/α,β-unsaturated/α-hetero) is 1. The quantitative estimate of drug-likeness (QED) is 0.00789. The predicted octanol–water partition coefficient (Wildman–Crippen LogP) is -3.27. The minimum Gasteiger partial charge on any atom is -0.481 e. The zero-order valence-corrected chi connectivity index (χ0v) is 74.3. The van der Waals surface area contributed by atoms with Gasteiger partial charge in [0.15, 0.2) is 5.78 Å². The van der Waals surface area contributed by atoms with Crippen LogP contribution in [0.4, 0.5) is 10.1 Å². The number of fused-ring (bicyclic) bond motifs is 1. The summed E-state index contributed by atoms with van der Waals surface area (Å²) in [6.45, 7) is 0.157. The number of benzene rings is 4. The second-order valence-electron chi connectivity index (χ2n) is 31.6. The maximum atomic E-state index is 15.1. The average molecular weight is 1880 g/mol. The molecule has 0 radical (unpaired) electrons. The van der Waals surface area contributed by atoms with E-state index in [9.17, 15) is 120 Å². The smallest absolute Gasteiger partial charge is 0.329 e. The number of hydrogen-bond acceptors (Lipinski definition) is 26. The van der Waals surface area contributed by atoms with E-state index >= 15 is 9.59 Å². The Morgan fingerprint density at radius 3 is 1.76 bits per heavy atom. The number of aliphatic carboxylic acids is 3. The number of H-pyrrole nitrogens is 1. The molecule has 1 aliphatic heterocycles. The van der Waals surface area contributed by atoms with Gasteiger partial charge in [-0.3, -0.25) is 86.3 Å². The molecule has 1 aromatic heterocycles. The van der Waals surface area contributed by atoms with Crippen molar-refractivity contribution < 1.29 is 134 Å². The Hall–Kier alpha value is -13.9. The van der Waals surface area contributed by atoms with Crippen LogP contribution >= 0.6 is 0 Å². The highest BCUT2D eigenvalue weighted by molar-refractivity contribution is 7.89. The number of nitrogen functional groups attached to an aromatic ring is 1. The molecule has 1 aliphatic rings. The molecule has 4 aromatic carbocycles. The number of rotatable bonds is 42. The van der Waals surface area contributed by atoms with Crippen LogP contribution in [-0.2, 0) is 121 Å². The summed E-state index contributed by atoms with van der Waals surface area (Å²) in [5, 5.41) is 83.4. The molecule has 2 heterocycles. The third-order valence-corrected chi connectivity index (χ3v) is 22.4. The highest BCUT2D eigenvalue weighted by Gasteiger charge is 2.41. The lowest BCUT2D eigenvalue weighted by Crippen LogP contribution is -2.61. The second-order valence-corrected chi connectivity index (χ2v) is 33.4. The number of carbonyl (C=O) groups is 19. The number of aromatic nitrogens is 1. The van der Waals surface area contributed by atoms with Crippen molar-refractivity contribution in [1.82, 2.24) is 84.1 Å². The number of aromatic amines is 1. The summed E-state index contributed by atoms with van der Waals surface area (Å²) in [4.78, 5) is 268. The van der Waals surface area contributed by atoms with Gasteiger partial charge in [0.1, 0.15) is 78.4 Å². The van der Waals surface area contributed by atoms with Gasteiger partial charge >= 0.3 is 23.9 Å². The van der Waals surface area contributed by atoms with Crippen LogP contribution in [-0.4, -0.2) is 257 Å². The molecule has 0 spiro atoms. The summed E-state index contributed by atoms with van der Waals surface area (Å²) in [6, 6.07) is 0.459. The topological polar surface area (TPSA) is 717 Å². The number of para-hydroxylation sites is 2. The van der Waals surface area contributed by atoms with Crippen molar-refractivity contribution in [2.75, 3.05) is 38.6 Å². The van der Waals surface area contributed by atoms with Crippen LogP contribution in [0.1, 0.15) is 157 Å². The first-order valence-electron chi connectivity index (χ1n) is 42.8. The number of carbonyl (C=O) groups excluding carboxylic acids is 16. The molecule has 0 unspecified atom stereocenters. The number of carboxylic acid groups (broad SMARTS) is 3. The van der Waals surface area contributed by atoms with Crippen LogP contribution in [0.2, 0.25) is 0 Å². The van der Waals surface area contributed by atoms with E-state index in [4.69, 9.17) is 16.2 Å². The number of primary amides is 1. The van der Waals surface area contributed by atoms with Crippen LogP contribution in [0.25, 0.3) is 10.9 Å². The van der Waals surface area contributed by atoms with Crippen molar-refractivity contribution in [3.05, 3.63) is 131 Å². The summed E-state index contributed by atoms with van der Waals surface area (Å²) in [5.41, 5.74) is 13.5. The number of hydrogen-bond donors (Lipinski definition) is 23. The first-order chi connectivity index (χ1) is 63.1. The number of aliphatic hydroxyl groups excluding tert-OH is 2. The first kappa shape index (κ1) is 108. The third kappa shape index (κ3) is 36.4. The van der Waals surface area contributed by atoms with Gasteiger partial charge in [-0.1, -0.05) is 107 Å². The van der Waals surface area contributed by atoms with Crippen molar-refractivity contribution in [3.8, 4) is 0 Å². The Morgan fingerprint density at radius 2 is 1.13 bits per heavy atom. The Morgan fingerprint density at radius 1 is 0.564 bits per heavy atom. The number of aliphatic hydroxyl groups is 2. The molecule has 0 aliphatic carbocycles. The Kier molecular flexibility index (Phi) is 43.8. The summed E-state index contributed by atoms with van der Waals surface area (Å²) in [5.74, 6) is -28.1. The lowest BCUT2D eigenvalue weighted by molar-refractivity contribution is -0.156. The standard InChI is InChI=1S/C86H115FN18O27S/c1-5-6-7-8-9-10-11-22-68(110)97-60(35-51-42-91-57-20-15-13-17-54(51)57)81(124)101-61(37-67(89)109)82(125)99-59(31-33-106)79(122)105-75-48(4)132-86(129)64(36-66(108)55-18-12-14-19-56(55)88)103-85(128)74(46(2)34-71(113)114)104-83(126)65(45-107)98-70(112)43-92-77(120)62(38-72(115)116)100-76(119)47(3)95-80(123)63(39-73(117)118)102-78(121)58(96-69(111)44-93-84(75)127)21-16-32-90-40-49-25-29-53(30-26-49)133(130,131)94-41-50-23-27-52(87)28-24-50/h12-15,17-20,23-30,42,46-48,58-65,74-75,90-91,94,106-107H,5-11,16,21-22,31-41,43-45,88H2,1-4H3,(H2,89,109)(H,92,120)(H,93,127)(H,95,123)(H,96,111)(H,97,110)(H,98,112)(H,99,125)(H,100,119)(H,101,124)(H,102,121)(H,103,128)(H,104,126)(H,105,122)(H,113,114)(H,115,116)(H,117,118)/t46-,47-,48-,58+,59+,60+,61+,62+,63+,64+,65-,74+,75+/m1/s1. The fraction of sp³-hybridized carbons (Fsp3) is 0.477. The van der Waals surface area contributed by atoms with E-state index in [0.717, 1.165) is 65.0 Å². The van der Waals surface area contributed by atoms with E-state index in [-0.39, 0.29) is 55.0 Å². The number of anilines is 1. The van der Waals surface area contributed by atoms with Gasteiger partial charge in [0.05, 0.1) is 50.3 Å². The SMILES string of the molecule is CCCCCCCCCC(=O)N[C@@H](Cc1c[nH]c2ccccc12)C(=O)N[C@@H](CC(N)=O)C(=O)N[C@@H](CCO)C(=O)N[C@@H]1C(=O)NCC(=O)N[C@@H](CCCNCc2ccc(S(=O)(=O)NCc3ccc(F)cc3)cc2)C(=O)N[C@@H](CC(=O)O)C(=O)N[C@H](C)C(=O)N[C@@H](CC(=O)O)C(=O)NCC(=O)N[C@H](CO)C(=O)N[C@@H]([C@H](C)CC(=O)O)C(=O)N[C@@H](CC(=O)c2ccccc2N)C(=O)O[C@@H]1C. The molecule has 5 aromatic rings. The normalized spacial score (nSPS) is 20.0. The van der Waals surface area contributed by atoms with Gasteiger partial charge in [-0.05, 0) is 111 Å². The predicted molar refractivity (Wildman–Crippen MR) is 469 cm³/mol. The number of cyclic esters (lactones) is 1. The molecule has 14 amide bonds. The molecule has 724 valence electrons. The Labute approximate surface area is 762 Å². The number of amides is 14. The zero-order chi connectivity index (χ0) is 98.2. The minimum atomic E-state index is -4.09. The van der Waals surface area contributed by atoms with Crippen molar-refractivity contribution in [2.24, 2.45) is 11.7 Å². The average Bonchev–Trinajstić information content (AvgIpc) is 1.64. The molecule has 1 fully saturated rings. The van der Waals surface area contributed by atoms with Crippen molar-refractivity contribution in [2.45, 2.75) is 227 Å².